The van der Waals surface area contributed by atoms with Gasteiger partial charge in [-0.3, -0.25) is 9.59 Å². The number of para-hydroxylation sites is 2. The number of benzene rings is 2. The van der Waals surface area contributed by atoms with Gasteiger partial charge in [0, 0.05) is 5.69 Å². The van der Waals surface area contributed by atoms with E-state index in [2.05, 4.69) is 10.6 Å². The van der Waals surface area contributed by atoms with Crippen LogP contribution in [0.5, 0.6) is 11.5 Å². The van der Waals surface area contributed by atoms with E-state index in [9.17, 15) is 22.8 Å². The normalized spacial score (nSPS) is 11.0. The first-order valence-corrected chi connectivity index (χ1v) is 9.98. The van der Waals surface area contributed by atoms with Gasteiger partial charge in [0.2, 0.25) is 0 Å². The highest BCUT2D eigenvalue weighted by molar-refractivity contribution is 6.02. The van der Waals surface area contributed by atoms with Crippen LogP contribution in [0.3, 0.4) is 0 Å². The molecule has 0 unspecified atom stereocenters. The fourth-order valence-corrected chi connectivity index (χ4v) is 2.80. The van der Waals surface area contributed by atoms with Crippen LogP contribution < -0.4 is 20.1 Å². The Balaban J connectivity index is 1.69. The molecule has 0 saturated heterocycles. The van der Waals surface area contributed by atoms with Gasteiger partial charge in [-0.25, -0.2) is 0 Å². The Kier molecular flexibility index (Phi) is 7.60. The lowest BCUT2D eigenvalue weighted by molar-refractivity contribution is -0.137. The summed E-state index contributed by atoms with van der Waals surface area (Å²) in [6, 6.07) is 12.5. The van der Waals surface area contributed by atoms with Crippen molar-refractivity contribution in [3.05, 3.63) is 72.2 Å². The van der Waals surface area contributed by atoms with Gasteiger partial charge in [-0.2, -0.15) is 13.2 Å². The van der Waals surface area contributed by atoms with Crippen LogP contribution in [0.4, 0.5) is 24.5 Å². The number of amides is 2. The fraction of sp³-hybridized carbons (Fsp3) is 0.217. The van der Waals surface area contributed by atoms with Crippen molar-refractivity contribution in [1.82, 2.24) is 0 Å². The lowest BCUT2D eigenvalue weighted by atomic mass is 10.1. The molecule has 0 aliphatic heterocycles. The summed E-state index contributed by atoms with van der Waals surface area (Å²) < 4.78 is 56.6. The van der Waals surface area contributed by atoms with Crippen molar-refractivity contribution in [2.45, 2.75) is 19.5 Å². The van der Waals surface area contributed by atoms with Gasteiger partial charge in [-0.1, -0.05) is 19.1 Å². The summed E-state index contributed by atoms with van der Waals surface area (Å²) in [7, 11) is 0. The molecule has 0 saturated carbocycles. The highest BCUT2D eigenvalue weighted by atomic mass is 19.4. The summed E-state index contributed by atoms with van der Waals surface area (Å²) in [5, 5.41) is 4.53. The van der Waals surface area contributed by atoms with Crippen molar-refractivity contribution >= 4 is 23.2 Å². The van der Waals surface area contributed by atoms with Crippen molar-refractivity contribution in [2.24, 2.45) is 0 Å². The molecule has 174 valence electrons. The Morgan fingerprint density at radius 2 is 1.70 bits per heavy atom. The number of rotatable bonds is 9. The maximum atomic E-state index is 13.6. The lowest BCUT2D eigenvalue weighted by Crippen LogP contribution is -2.23. The average molecular weight is 462 g/mol. The molecule has 1 heterocycles. The van der Waals surface area contributed by atoms with Crippen molar-refractivity contribution in [3.8, 4) is 11.5 Å². The molecule has 1 aromatic heterocycles. The minimum absolute atomic E-state index is 0.0544. The van der Waals surface area contributed by atoms with E-state index in [0.29, 0.717) is 18.1 Å². The summed E-state index contributed by atoms with van der Waals surface area (Å²) in [5.41, 5.74) is -1.71. The molecule has 2 amide bonds. The summed E-state index contributed by atoms with van der Waals surface area (Å²) in [6.45, 7) is 1.86. The molecule has 0 radical (unpaired) electrons. The van der Waals surface area contributed by atoms with Crippen LogP contribution in [-0.4, -0.2) is 25.0 Å². The van der Waals surface area contributed by atoms with Crippen LogP contribution in [0.2, 0.25) is 0 Å². The monoisotopic (exact) mass is 462 g/mol. The molecule has 2 N–H and O–H groups in total. The molecule has 0 fully saturated rings. The van der Waals surface area contributed by atoms with E-state index in [1.807, 2.05) is 6.92 Å². The zero-order valence-corrected chi connectivity index (χ0v) is 17.6. The van der Waals surface area contributed by atoms with Crippen molar-refractivity contribution in [3.63, 3.8) is 0 Å². The quantitative estimate of drug-likeness (QED) is 0.447. The second-order valence-corrected chi connectivity index (χ2v) is 6.82. The van der Waals surface area contributed by atoms with Crippen LogP contribution in [0.25, 0.3) is 0 Å². The molecule has 0 atom stereocenters. The molecule has 0 aliphatic carbocycles. The lowest BCUT2D eigenvalue weighted by Gasteiger charge is -2.16. The number of hydrogen-bond donors (Lipinski definition) is 2. The van der Waals surface area contributed by atoms with E-state index in [0.717, 1.165) is 18.6 Å². The molecule has 7 nitrogen and oxygen atoms in total. The third-order valence-corrected chi connectivity index (χ3v) is 4.27. The zero-order valence-electron chi connectivity index (χ0n) is 17.6. The van der Waals surface area contributed by atoms with Crippen LogP contribution in [0.15, 0.2) is 65.3 Å². The van der Waals surface area contributed by atoms with E-state index in [-0.39, 0.29) is 11.4 Å². The third kappa shape index (κ3) is 6.52. The molecule has 3 rings (SSSR count). The minimum atomic E-state index is -4.78. The van der Waals surface area contributed by atoms with Gasteiger partial charge >= 0.3 is 6.18 Å². The Bertz CT molecular complexity index is 1100. The molecule has 10 heteroatoms. The van der Waals surface area contributed by atoms with Crippen LogP contribution in [0.1, 0.15) is 29.5 Å². The van der Waals surface area contributed by atoms with Gasteiger partial charge in [0.15, 0.2) is 23.9 Å². The molecule has 2 aromatic carbocycles. The largest absolute Gasteiger partial charge is 0.490 e. The van der Waals surface area contributed by atoms with Gasteiger partial charge in [0.05, 0.1) is 24.1 Å². The third-order valence-electron chi connectivity index (χ3n) is 4.27. The molecular formula is C23H21F3N2O5. The Morgan fingerprint density at radius 1 is 0.970 bits per heavy atom. The summed E-state index contributed by atoms with van der Waals surface area (Å²) >= 11 is 0. The van der Waals surface area contributed by atoms with Crippen molar-refractivity contribution < 1.29 is 36.7 Å². The Labute approximate surface area is 187 Å². The molecule has 0 spiro atoms. The smallest absolute Gasteiger partial charge is 0.418 e. The number of hydrogen-bond acceptors (Lipinski definition) is 5. The van der Waals surface area contributed by atoms with Crippen LogP contribution in [-0.2, 0) is 11.0 Å². The van der Waals surface area contributed by atoms with E-state index in [1.54, 1.807) is 24.3 Å². The highest BCUT2D eigenvalue weighted by Crippen LogP contribution is 2.37. The predicted molar refractivity (Wildman–Crippen MR) is 114 cm³/mol. The zero-order chi connectivity index (χ0) is 23.8. The van der Waals surface area contributed by atoms with Crippen LogP contribution >= 0.6 is 0 Å². The number of carbonyl (C=O) groups excluding carboxylic acids is 2. The van der Waals surface area contributed by atoms with E-state index in [1.165, 1.54) is 24.5 Å². The SMILES string of the molecule is CCCOc1ccccc1OCC(=O)Nc1ccc(NC(=O)c2ccco2)cc1C(F)(F)F. The predicted octanol–water partition coefficient (Wildman–Crippen LogP) is 5.36. The standard InChI is InChI=1S/C23H21F3N2O5/c1-2-11-31-18-6-3-4-7-19(18)33-14-21(29)28-17-10-9-15(13-16(17)23(24,25)26)27-22(30)20-8-5-12-32-20/h3-10,12-13H,2,11,14H2,1H3,(H,27,30)(H,28,29). The molecular weight excluding hydrogens is 441 g/mol. The van der Waals surface area contributed by atoms with Gasteiger partial charge in [-0.15, -0.1) is 0 Å². The Hall–Kier alpha value is -3.95. The first kappa shape index (κ1) is 23.7. The minimum Gasteiger partial charge on any atom is -0.490 e. The maximum Gasteiger partial charge on any atom is 0.418 e. The fourth-order valence-electron chi connectivity index (χ4n) is 2.80. The summed E-state index contributed by atoms with van der Waals surface area (Å²) in [4.78, 5) is 24.3. The van der Waals surface area contributed by atoms with Gasteiger partial charge in [-0.05, 0) is 48.9 Å². The number of anilines is 2. The maximum absolute atomic E-state index is 13.6. The topological polar surface area (TPSA) is 89.8 Å². The molecule has 0 bridgehead atoms. The van der Waals surface area contributed by atoms with Gasteiger partial charge in [0.25, 0.3) is 11.8 Å². The van der Waals surface area contributed by atoms with E-state index in [4.69, 9.17) is 13.9 Å². The molecule has 3 aromatic rings. The second kappa shape index (κ2) is 10.6. The summed E-state index contributed by atoms with van der Waals surface area (Å²) in [6.07, 6.45) is -2.74. The molecule has 0 aliphatic rings. The number of furan rings is 1. The van der Waals surface area contributed by atoms with E-state index >= 15 is 0 Å². The number of nitrogens with one attached hydrogen (secondary N) is 2. The summed E-state index contributed by atoms with van der Waals surface area (Å²) in [5.74, 6) is -0.824. The number of alkyl halides is 3. The number of ether oxygens (including phenoxy) is 2. The number of carbonyl (C=O) groups is 2. The van der Waals surface area contributed by atoms with Crippen molar-refractivity contribution in [2.75, 3.05) is 23.8 Å². The van der Waals surface area contributed by atoms with Gasteiger partial charge < -0.3 is 24.5 Å². The van der Waals surface area contributed by atoms with E-state index < -0.39 is 35.8 Å². The van der Waals surface area contributed by atoms with Crippen LogP contribution in [0, 0.1) is 0 Å². The average Bonchev–Trinajstić information content (AvgIpc) is 3.32. The first-order chi connectivity index (χ1) is 15.8. The molecule has 33 heavy (non-hydrogen) atoms. The first-order valence-electron chi connectivity index (χ1n) is 9.98. The van der Waals surface area contributed by atoms with Gasteiger partial charge in [0.1, 0.15) is 0 Å². The second-order valence-electron chi connectivity index (χ2n) is 6.82. The number of halogens is 3. The Morgan fingerprint density at radius 3 is 2.33 bits per heavy atom. The highest BCUT2D eigenvalue weighted by Gasteiger charge is 2.34. The van der Waals surface area contributed by atoms with Crippen molar-refractivity contribution in [1.29, 1.82) is 0 Å².